The van der Waals surface area contributed by atoms with Crippen LogP contribution < -0.4 is 21.7 Å². The van der Waals surface area contributed by atoms with Crippen LogP contribution in [0.1, 0.15) is 20.7 Å². The van der Waals surface area contributed by atoms with E-state index in [9.17, 15) is 19.8 Å². The van der Waals surface area contributed by atoms with Gasteiger partial charge in [-0.1, -0.05) is 11.5 Å². The number of carboxylic acid groups (broad SMARTS) is 2. The Kier molecular flexibility index (Phi) is 13.4. The molecule has 2 aromatic carbocycles. The number of aromatic carboxylic acids is 2. The van der Waals surface area contributed by atoms with Gasteiger partial charge in [0.1, 0.15) is 0 Å². The van der Waals surface area contributed by atoms with E-state index in [2.05, 4.69) is 0 Å². The summed E-state index contributed by atoms with van der Waals surface area (Å²) in [6, 6.07) is 7.32. The third kappa shape index (κ3) is 8.42. The summed E-state index contributed by atoms with van der Waals surface area (Å²) in [7, 11) is 0. The first-order valence-corrected chi connectivity index (χ1v) is 5.82. The Balaban J connectivity index is -0.000000346. The summed E-state index contributed by atoms with van der Waals surface area (Å²) in [5.74, 6) is -3.57. The third-order valence-corrected chi connectivity index (χ3v) is 2.47. The minimum absolute atomic E-state index is 0. The maximum absolute atomic E-state index is 10.8. The fourth-order valence-electron chi connectivity index (χ4n) is 1.43. The van der Waals surface area contributed by atoms with Gasteiger partial charge in [0.15, 0.2) is 0 Å². The Bertz CT molecular complexity index is 662. The molecule has 0 fully saturated rings. The smallest absolute Gasteiger partial charge is 0.872 e. The molecule has 0 aliphatic heterocycles. The molecule has 0 aromatic heterocycles. The molecule has 10 N–H and O–H groups in total. The number of carbonyl (C=O) groups is 2. The van der Waals surface area contributed by atoms with Gasteiger partial charge in [-0.25, -0.2) is 9.59 Å². The van der Waals surface area contributed by atoms with Crippen LogP contribution in [0.3, 0.4) is 0 Å². The molecule has 10 nitrogen and oxygen atoms in total. The predicted octanol–water partition coefficient (Wildman–Crippen LogP) is -1.95. The summed E-state index contributed by atoms with van der Waals surface area (Å²) in [4.78, 5) is 20.6. The second kappa shape index (κ2) is 12.2. The number of benzene rings is 2. The Morgan fingerprint density at radius 2 is 1.04 bits per heavy atom. The van der Waals surface area contributed by atoms with E-state index in [1.54, 1.807) is 0 Å². The predicted molar refractivity (Wildman–Crippen MR) is 87.5 cm³/mol. The first kappa shape index (κ1) is 27.6. The minimum Gasteiger partial charge on any atom is -0.872 e. The molecular weight excluding hydrogens is 364 g/mol. The van der Waals surface area contributed by atoms with Crippen LogP contribution in [0, 0.1) is 0 Å². The molecular formula is C14H16CaN2O8. The van der Waals surface area contributed by atoms with Gasteiger partial charge >= 0.3 is 49.7 Å². The van der Waals surface area contributed by atoms with E-state index in [1.807, 2.05) is 0 Å². The fraction of sp³-hybridized carbons (Fsp3) is 0. The van der Waals surface area contributed by atoms with Gasteiger partial charge in [0.05, 0.1) is 11.1 Å². The van der Waals surface area contributed by atoms with Crippen molar-refractivity contribution < 1.29 is 41.0 Å². The van der Waals surface area contributed by atoms with Crippen molar-refractivity contribution in [3.8, 4) is 11.5 Å². The number of carboxylic acids is 2. The Morgan fingerprint density at radius 1 is 0.760 bits per heavy atom. The molecule has 25 heavy (non-hydrogen) atoms. The SMILES string of the molecule is Nc1ccc(C(=O)O)c([O-])c1.Nc1ccc(C(=O)O)c([O-])c1.O.O.[Ca+2]. The Hall–Kier alpha value is -2.24. The summed E-state index contributed by atoms with van der Waals surface area (Å²) in [6.07, 6.45) is 0. The van der Waals surface area contributed by atoms with Gasteiger partial charge in [0.25, 0.3) is 0 Å². The van der Waals surface area contributed by atoms with Crippen molar-refractivity contribution in [3.63, 3.8) is 0 Å². The van der Waals surface area contributed by atoms with Gasteiger partial charge in [-0.2, -0.15) is 0 Å². The first-order valence-electron chi connectivity index (χ1n) is 5.82. The van der Waals surface area contributed by atoms with Crippen molar-refractivity contribution in [2.24, 2.45) is 0 Å². The molecule has 0 unspecified atom stereocenters. The van der Waals surface area contributed by atoms with Gasteiger partial charge < -0.3 is 42.8 Å². The van der Waals surface area contributed by atoms with E-state index < -0.39 is 23.4 Å². The molecule has 0 spiro atoms. The standard InChI is InChI=1S/2C7H7NO3.Ca.2H2O/c2*8-4-1-2-5(7(10)11)6(9)3-4;;;/h2*1-3,9H,8H2,(H,10,11);;2*1H2/q;;+2;;/p-2. The number of nitrogen functional groups attached to an aromatic ring is 2. The van der Waals surface area contributed by atoms with E-state index in [0.29, 0.717) is 0 Å². The van der Waals surface area contributed by atoms with Crippen molar-refractivity contribution in [2.75, 3.05) is 11.5 Å². The molecule has 0 heterocycles. The van der Waals surface area contributed by atoms with Gasteiger partial charge in [-0.3, -0.25) is 0 Å². The quantitative estimate of drug-likeness (QED) is 0.336. The van der Waals surface area contributed by atoms with Gasteiger partial charge in [0, 0.05) is 11.4 Å². The first-order chi connectivity index (χ1) is 10.2. The average Bonchev–Trinajstić information content (AvgIpc) is 2.38. The molecule has 0 aliphatic rings. The molecule has 0 saturated heterocycles. The number of hydrogen-bond acceptors (Lipinski definition) is 6. The second-order valence-electron chi connectivity index (χ2n) is 4.12. The van der Waals surface area contributed by atoms with Crippen molar-refractivity contribution in [1.29, 1.82) is 0 Å². The van der Waals surface area contributed by atoms with E-state index in [4.69, 9.17) is 21.7 Å². The maximum atomic E-state index is 10.8. The van der Waals surface area contributed by atoms with Gasteiger partial charge in [-0.15, -0.1) is 0 Å². The second-order valence-corrected chi connectivity index (χ2v) is 4.12. The number of hydrogen-bond donors (Lipinski definition) is 4. The normalized spacial score (nSPS) is 8.32. The molecule has 0 bridgehead atoms. The molecule has 0 amide bonds. The van der Waals surface area contributed by atoms with Crippen molar-refractivity contribution in [3.05, 3.63) is 47.5 Å². The number of rotatable bonds is 2. The molecule has 0 saturated carbocycles. The average molecular weight is 380 g/mol. The van der Waals surface area contributed by atoms with Crippen molar-refractivity contribution in [1.82, 2.24) is 0 Å². The summed E-state index contributed by atoms with van der Waals surface area (Å²) < 4.78 is 0. The van der Waals surface area contributed by atoms with Crippen LogP contribution in [0.4, 0.5) is 11.4 Å². The maximum Gasteiger partial charge on any atom is 2.00 e. The van der Waals surface area contributed by atoms with Crippen LogP contribution in [0.25, 0.3) is 0 Å². The molecule has 0 radical (unpaired) electrons. The van der Waals surface area contributed by atoms with E-state index >= 15 is 0 Å². The molecule has 0 aliphatic carbocycles. The summed E-state index contributed by atoms with van der Waals surface area (Å²) >= 11 is 0. The van der Waals surface area contributed by atoms with Crippen molar-refractivity contribution in [2.45, 2.75) is 0 Å². The van der Waals surface area contributed by atoms with Crippen molar-refractivity contribution >= 4 is 61.1 Å². The Morgan fingerprint density at radius 3 is 1.24 bits per heavy atom. The van der Waals surface area contributed by atoms with E-state index in [-0.39, 0.29) is 71.2 Å². The molecule has 2 aromatic rings. The summed E-state index contributed by atoms with van der Waals surface area (Å²) in [5, 5.41) is 38.5. The van der Waals surface area contributed by atoms with E-state index in [0.717, 1.165) is 12.1 Å². The van der Waals surface area contributed by atoms with Gasteiger partial charge in [0.2, 0.25) is 0 Å². The van der Waals surface area contributed by atoms with Crippen LogP contribution in [0.5, 0.6) is 11.5 Å². The van der Waals surface area contributed by atoms with Crippen LogP contribution in [0.2, 0.25) is 0 Å². The number of nitrogens with two attached hydrogens (primary N) is 2. The molecule has 0 atom stereocenters. The monoisotopic (exact) mass is 380 g/mol. The molecule has 2 rings (SSSR count). The summed E-state index contributed by atoms with van der Waals surface area (Å²) in [6.45, 7) is 0. The molecule has 11 heteroatoms. The molecule has 132 valence electrons. The largest absolute Gasteiger partial charge is 2.00 e. The third-order valence-electron chi connectivity index (χ3n) is 2.47. The Labute approximate surface area is 171 Å². The fourth-order valence-corrected chi connectivity index (χ4v) is 1.43. The van der Waals surface area contributed by atoms with Gasteiger partial charge in [-0.05, 0) is 36.4 Å². The van der Waals surface area contributed by atoms with Crippen LogP contribution in [-0.4, -0.2) is 70.8 Å². The van der Waals surface area contributed by atoms with Crippen LogP contribution in [0.15, 0.2) is 36.4 Å². The zero-order chi connectivity index (χ0) is 16.9. The number of anilines is 2. The van der Waals surface area contributed by atoms with Crippen LogP contribution in [-0.2, 0) is 0 Å². The topological polar surface area (TPSA) is 236 Å². The van der Waals surface area contributed by atoms with Crippen LogP contribution >= 0.6 is 0 Å². The summed E-state index contributed by atoms with van der Waals surface area (Å²) in [5.41, 5.74) is 10.5. The zero-order valence-electron chi connectivity index (χ0n) is 12.9. The van der Waals surface area contributed by atoms with E-state index in [1.165, 1.54) is 24.3 Å². The zero-order valence-corrected chi connectivity index (χ0v) is 15.1. The minimum atomic E-state index is -1.23.